The topological polar surface area (TPSA) is 460 Å². The van der Waals surface area contributed by atoms with E-state index in [1.165, 1.54) is 13.3 Å². The number of carbonyl (C=O) groups excluding carboxylic acids is 7. The lowest BCUT2D eigenvalue weighted by Gasteiger charge is -2.48. The molecule has 1 aromatic heterocycles. The number of amides is 7. The molecule has 1 aromatic carbocycles. The van der Waals surface area contributed by atoms with Gasteiger partial charge < -0.3 is 69.4 Å². The number of fused-ring (bicyclic) bond motifs is 7. The Hall–Kier alpha value is -7.00. The van der Waals surface area contributed by atoms with Crippen LogP contribution in [-0.2, 0) is 51.9 Å². The molecule has 7 heterocycles. The van der Waals surface area contributed by atoms with Crippen LogP contribution in [0.15, 0.2) is 67.8 Å². The first-order chi connectivity index (χ1) is 41.8. The van der Waals surface area contributed by atoms with Crippen molar-refractivity contribution in [2.75, 3.05) is 13.2 Å². The van der Waals surface area contributed by atoms with Gasteiger partial charge in [-0.1, -0.05) is 34.6 Å². The Morgan fingerprint density at radius 3 is 1.99 bits per heavy atom. The second kappa shape index (κ2) is 25.6. The number of phosphoric ester groups is 1. The Morgan fingerprint density at radius 2 is 1.40 bits per heavy atom. The van der Waals surface area contributed by atoms with Crippen molar-refractivity contribution in [1.82, 2.24) is 20.2 Å². The van der Waals surface area contributed by atoms with E-state index in [-0.39, 0.29) is 77.2 Å². The minimum absolute atomic E-state index is 0.0114. The Balaban J connectivity index is 1.19. The summed E-state index contributed by atoms with van der Waals surface area (Å²) in [5.41, 5.74) is 37.4. The fourth-order valence-corrected chi connectivity index (χ4v) is 16.6. The zero-order valence-corrected chi connectivity index (χ0v) is 54.1. The van der Waals surface area contributed by atoms with Gasteiger partial charge in [0.25, 0.3) is 0 Å². The summed E-state index contributed by atoms with van der Waals surface area (Å²) in [6.07, 6.45) is -4.26. The van der Waals surface area contributed by atoms with Crippen LogP contribution in [0.1, 0.15) is 150 Å². The standard InChI is InChI=1S/C62H90N13O14P/c1-29-20-39-40(21-30(29)2)75(28-70-39)57-52(84)53(41(27-76)87-57)89-90(85,86)88-31(3)26-69-49(83)18-19-59(8)37(22-46(66)80)56-62(11)61(10,25-48(68)82)36(14-17-45(65)79)51(74-62)33(5)55-60(9,24-47(67)81)34(12-15-43(63)77)38(71-55)23-42-58(6,7)35(13-16-44(64)78)50(72-42)32(4)54(59)73-56/h20-21,23,28,31,34-37,41,52-53,56-57,71,76,84H,12-19,22,24-27H2,1-11H3,(H2,63,77)(H2,64,78)(H2,65,79)(H2,66,80)(H2,67,81)(H2,68,82)(H,69,83)(H,85,86)/b38-23?,50-32?,55-33-/t31-,34-,35-,36-,37+,41-,52-,53-,56?,57+,59+,60+,61+,62+/m1/s1. The zero-order chi connectivity index (χ0) is 66.7. The number of aliphatic hydroxyl groups is 2. The average Bonchev–Trinajstić information content (AvgIpc) is 1.53. The van der Waals surface area contributed by atoms with Gasteiger partial charge in [-0.2, -0.15) is 0 Å². The van der Waals surface area contributed by atoms with E-state index in [9.17, 15) is 53.2 Å². The van der Waals surface area contributed by atoms with Crippen LogP contribution in [0.5, 0.6) is 0 Å². The van der Waals surface area contributed by atoms with Crippen LogP contribution in [0, 0.1) is 59.2 Å². The number of nitrogens with zero attached hydrogens (tertiary/aromatic N) is 5. The number of phosphoric acid groups is 1. The fourth-order valence-electron chi connectivity index (χ4n) is 15.4. The third kappa shape index (κ3) is 13.0. The van der Waals surface area contributed by atoms with E-state index in [0.29, 0.717) is 56.4 Å². The van der Waals surface area contributed by atoms with Crippen LogP contribution in [-0.4, -0.2) is 132 Å². The van der Waals surface area contributed by atoms with Crippen molar-refractivity contribution in [2.24, 2.45) is 94.7 Å². The quantitative estimate of drug-likeness (QED) is 0.0603. The number of benzene rings is 1. The van der Waals surface area contributed by atoms with Crippen LogP contribution in [0.25, 0.3) is 11.0 Å². The number of hydrogen-bond donors (Lipinski definition) is 11. The molecule has 492 valence electrons. The maximum atomic E-state index is 14.4. The molecule has 8 rings (SSSR count). The van der Waals surface area contributed by atoms with E-state index in [4.69, 9.17) is 63.2 Å². The first-order valence-corrected chi connectivity index (χ1v) is 32.1. The molecule has 2 fully saturated rings. The monoisotopic (exact) mass is 1270 g/mol. The molecule has 15 atom stereocenters. The highest BCUT2D eigenvalue weighted by Gasteiger charge is 2.66. The van der Waals surface area contributed by atoms with Crippen LogP contribution in [0.4, 0.5) is 0 Å². The third-order valence-corrected chi connectivity index (χ3v) is 21.7. The molecule has 27 nitrogen and oxygen atoms in total. The molecule has 0 saturated carbocycles. The average molecular weight is 1270 g/mol. The number of allylic oxidation sites excluding steroid dienone is 6. The lowest BCUT2D eigenvalue weighted by atomic mass is 9.55. The van der Waals surface area contributed by atoms with Crippen molar-refractivity contribution < 1.29 is 67.0 Å². The van der Waals surface area contributed by atoms with Gasteiger partial charge in [0.05, 0.1) is 41.7 Å². The summed E-state index contributed by atoms with van der Waals surface area (Å²) in [4.78, 5) is 126. The summed E-state index contributed by atoms with van der Waals surface area (Å²) < 4.78 is 32.3. The van der Waals surface area contributed by atoms with Crippen molar-refractivity contribution in [2.45, 2.75) is 189 Å². The van der Waals surface area contributed by atoms with Gasteiger partial charge in [0, 0.05) is 131 Å². The van der Waals surface area contributed by atoms with E-state index in [0.717, 1.165) is 11.1 Å². The van der Waals surface area contributed by atoms with Crippen molar-refractivity contribution in [3.8, 4) is 0 Å². The SMILES string of the molecule is CC1=C2N=C(C=C3N/C(=C(/C)C4=N[C@@](C)(C5N=C1[C@@](C)(CCC(=O)NC[C@@H](C)OP(=O)(O)O[C@H]1[C@@H](O)[C@@H](n6cnc7cc(C)c(C)cc76)O[C@@H]1CO)[C@H]5CC(N)=O)[C@@](C)(CC(N)=O)[C@@H]4CCC(N)=O)[C@@](C)(CC(N)=O)[C@@H]3CCC(N)=O)C(C)(C)[C@@H]2CCC(N)=O. The number of hydrogen-bond acceptors (Lipinski definition) is 18. The maximum Gasteiger partial charge on any atom is 0.472 e. The van der Waals surface area contributed by atoms with Crippen molar-refractivity contribution >= 4 is 77.3 Å². The highest BCUT2D eigenvalue weighted by atomic mass is 31.2. The first kappa shape index (κ1) is 68.9. The lowest BCUT2D eigenvalue weighted by molar-refractivity contribution is -0.124. The number of carbonyl (C=O) groups is 7. The maximum absolute atomic E-state index is 14.4. The van der Waals surface area contributed by atoms with Crippen LogP contribution >= 0.6 is 7.82 Å². The smallest absolute Gasteiger partial charge is 0.394 e. The van der Waals surface area contributed by atoms with Gasteiger partial charge >= 0.3 is 7.82 Å². The van der Waals surface area contributed by atoms with Crippen LogP contribution < -0.4 is 45.0 Å². The molecule has 8 bridgehead atoms. The first-order valence-electron chi connectivity index (χ1n) is 30.6. The predicted octanol–water partition coefficient (Wildman–Crippen LogP) is 3.16. The van der Waals surface area contributed by atoms with Crippen molar-refractivity contribution in [3.63, 3.8) is 0 Å². The molecule has 0 aliphatic carbocycles. The lowest BCUT2D eigenvalue weighted by Crippen LogP contribution is -2.56. The Labute approximate surface area is 523 Å². The number of ether oxygens (including phenoxy) is 1. The molecule has 2 saturated heterocycles. The second-order valence-corrected chi connectivity index (χ2v) is 28.4. The molecular formula is C62H90N13O14P. The summed E-state index contributed by atoms with van der Waals surface area (Å²) >= 11 is 0. The molecule has 0 spiro atoms. The molecule has 6 aliphatic heterocycles. The number of aliphatic imine (C=N–C) groups is 3. The van der Waals surface area contributed by atoms with Gasteiger partial charge in [0.15, 0.2) is 6.23 Å². The van der Waals surface area contributed by atoms with Gasteiger partial charge in [-0.15, -0.1) is 0 Å². The van der Waals surface area contributed by atoms with E-state index in [2.05, 4.69) is 15.6 Å². The van der Waals surface area contributed by atoms with E-state index in [1.54, 1.807) is 4.57 Å². The van der Waals surface area contributed by atoms with Crippen molar-refractivity contribution in [3.05, 3.63) is 63.9 Å². The highest BCUT2D eigenvalue weighted by molar-refractivity contribution is 7.47. The number of nitrogens with one attached hydrogen (secondary N) is 2. The second-order valence-electron chi connectivity index (χ2n) is 27.1. The number of aliphatic hydroxyl groups excluding tert-OH is 2. The normalized spacial score (nSPS) is 32.8. The zero-order valence-electron chi connectivity index (χ0n) is 53.3. The summed E-state index contributed by atoms with van der Waals surface area (Å²) in [7, 11) is -5.07. The Morgan fingerprint density at radius 1 is 0.800 bits per heavy atom. The number of rotatable bonds is 26. The number of nitrogens with two attached hydrogens (primary N) is 6. The molecule has 0 radical (unpaired) electrons. The number of primary amides is 6. The van der Waals surface area contributed by atoms with Crippen molar-refractivity contribution in [1.29, 1.82) is 0 Å². The van der Waals surface area contributed by atoms with E-state index < -0.39 is 143 Å². The molecule has 28 heteroatoms. The van der Waals surface area contributed by atoms with Gasteiger partial charge in [-0.05, 0) is 108 Å². The summed E-state index contributed by atoms with van der Waals surface area (Å²) in [6.45, 7) is 19.3. The minimum atomic E-state index is -5.07. The molecule has 17 N–H and O–H groups in total. The highest BCUT2D eigenvalue weighted by Crippen LogP contribution is 2.63. The molecule has 7 amide bonds. The van der Waals surface area contributed by atoms with Gasteiger partial charge in [-0.3, -0.25) is 57.6 Å². The van der Waals surface area contributed by atoms with Crippen LogP contribution in [0.2, 0.25) is 0 Å². The van der Waals surface area contributed by atoms with Crippen LogP contribution in [0.3, 0.4) is 0 Å². The Bertz CT molecular complexity index is 3540. The van der Waals surface area contributed by atoms with E-state index in [1.807, 2.05) is 87.4 Å². The third-order valence-electron chi connectivity index (χ3n) is 20.6. The van der Waals surface area contributed by atoms with Gasteiger partial charge in [-0.25, -0.2) is 9.55 Å². The summed E-state index contributed by atoms with van der Waals surface area (Å²) in [5.74, 6) is -7.18. The summed E-state index contributed by atoms with van der Waals surface area (Å²) in [5, 5.41) is 28.2. The number of aryl methyl sites for hydroxylation is 2. The van der Waals surface area contributed by atoms with Gasteiger partial charge in [0.2, 0.25) is 41.4 Å². The molecule has 2 aromatic rings. The Kier molecular flexibility index (Phi) is 19.6. The molecule has 90 heavy (non-hydrogen) atoms. The molecular weight excluding hydrogens is 1180 g/mol. The largest absolute Gasteiger partial charge is 0.472 e. The minimum Gasteiger partial charge on any atom is -0.394 e. The van der Waals surface area contributed by atoms with Gasteiger partial charge in [0.1, 0.15) is 18.3 Å². The summed E-state index contributed by atoms with van der Waals surface area (Å²) in [6, 6.07) is 2.70. The fraction of sp³-hybridized carbons (Fsp3) is 0.629. The molecule has 2 unspecified atom stereocenters. The predicted molar refractivity (Wildman–Crippen MR) is 334 cm³/mol. The number of imidazole rings is 1. The van der Waals surface area contributed by atoms with E-state index >= 15 is 0 Å². The number of aromatic nitrogens is 2. The molecule has 6 aliphatic rings.